The average Bonchev–Trinajstić information content (AvgIpc) is 2.64. The van der Waals surface area contributed by atoms with Gasteiger partial charge in [0.2, 0.25) is 0 Å². The van der Waals surface area contributed by atoms with Crippen LogP contribution in [0.1, 0.15) is 0 Å². The molecule has 0 N–H and O–H groups in total. The van der Waals surface area contributed by atoms with E-state index in [1.807, 2.05) is 0 Å². The zero-order valence-corrected chi connectivity index (χ0v) is 11.5. The molecule has 0 amide bonds. The molecule has 98 valence electrons. The number of rotatable bonds is 6. The Morgan fingerprint density at radius 1 is 1.59 bits per heavy atom. The third-order valence-corrected chi connectivity index (χ3v) is 4.07. The molecule has 1 aromatic rings. The molecule has 0 saturated heterocycles. The molecule has 5 nitrogen and oxygen atoms in total. The van der Waals surface area contributed by atoms with Crippen molar-refractivity contribution in [2.75, 3.05) is 18.4 Å². The molecular weight excluding hydrogens is 320 g/mol. The first-order valence-corrected chi connectivity index (χ1v) is 7.26. The molecule has 0 atom stereocenters. The van der Waals surface area contributed by atoms with Gasteiger partial charge in [-0.1, -0.05) is 15.9 Å². The van der Waals surface area contributed by atoms with Crippen LogP contribution in [0.2, 0.25) is 0 Å². The van der Waals surface area contributed by atoms with Crippen LogP contribution in [-0.2, 0) is 17.1 Å². The number of aromatic nitrogens is 2. The van der Waals surface area contributed by atoms with Gasteiger partial charge in [-0.3, -0.25) is 0 Å². The van der Waals surface area contributed by atoms with Crippen molar-refractivity contribution in [1.82, 2.24) is 13.9 Å². The molecule has 0 spiro atoms. The van der Waals surface area contributed by atoms with Gasteiger partial charge < -0.3 is 4.57 Å². The van der Waals surface area contributed by atoms with Gasteiger partial charge in [0.1, 0.15) is 0 Å². The Balaban J connectivity index is 2.99. The number of nitrogens with zero attached hydrogens (tertiary/aromatic N) is 3. The standard InChI is InChI=1S/C8H12BrF2N3O2S/c1-13-5-8(12-6-13)17(15,16)14(3-2-9)4-7(10)11/h5-7H,2-4H2,1H3. The maximum Gasteiger partial charge on any atom is 0.262 e. The van der Waals surface area contributed by atoms with Crippen molar-refractivity contribution in [3.05, 3.63) is 12.5 Å². The molecule has 0 aromatic carbocycles. The second kappa shape index (κ2) is 5.87. The predicted octanol–water partition coefficient (Wildman–Crippen LogP) is 1.07. The van der Waals surface area contributed by atoms with Crippen LogP contribution in [0.25, 0.3) is 0 Å². The first-order chi connectivity index (χ1) is 7.87. The number of aryl methyl sites for hydroxylation is 1. The predicted molar refractivity (Wildman–Crippen MR) is 61.8 cm³/mol. The molecule has 0 radical (unpaired) electrons. The van der Waals surface area contributed by atoms with E-state index >= 15 is 0 Å². The van der Waals surface area contributed by atoms with Crippen LogP contribution in [0.15, 0.2) is 17.6 Å². The van der Waals surface area contributed by atoms with Gasteiger partial charge in [0, 0.05) is 25.1 Å². The van der Waals surface area contributed by atoms with E-state index in [1.165, 1.54) is 17.1 Å². The first-order valence-electron chi connectivity index (χ1n) is 4.70. The molecule has 1 aromatic heterocycles. The van der Waals surface area contributed by atoms with E-state index in [9.17, 15) is 17.2 Å². The van der Waals surface area contributed by atoms with E-state index < -0.39 is 23.0 Å². The topological polar surface area (TPSA) is 55.2 Å². The summed E-state index contributed by atoms with van der Waals surface area (Å²) in [5.41, 5.74) is 0. The van der Waals surface area contributed by atoms with Crippen molar-refractivity contribution in [2.24, 2.45) is 7.05 Å². The summed E-state index contributed by atoms with van der Waals surface area (Å²) in [7, 11) is -2.34. The van der Waals surface area contributed by atoms with Gasteiger partial charge in [0.15, 0.2) is 5.03 Å². The van der Waals surface area contributed by atoms with Crippen LogP contribution in [0.5, 0.6) is 0 Å². The second-order valence-electron chi connectivity index (χ2n) is 3.32. The summed E-state index contributed by atoms with van der Waals surface area (Å²) >= 11 is 3.03. The maximum absolute atomic E-state index is 12.3. The fourth-order valence-corrected chi connectivity index (χ4v) is 3.26. The number of imidazole rings is 1. The summed E-state index contributed by atoms with van der Waals surface area (Å²) in [5, 5.41) is 0.0628. The monoisotopic (exact) mass is 331 g/mol. The zero-order valence-electron chi connectivity index (χ0n) is 9.05. The highest BCUT2D eigenvalue weighted by molar-refractivity contribution is 9.09. The van der Waals surface area contributed by atoms with Crippen LogP contribution in [0.3, 0.4) is 0 Å². The van der Waals surface area contributed by atoms with E-state index in [0.717, 1.165) is 4.31 Å². The number of sulfonamides is 1. The molecule has 1 heterocycles. The third-order valence-electron chi connectivity index (χ3n) is 1.96. The summed E-state index contributed by atoms with van der Waals surface area (Å²) in [4.78, 5) is 3.67. The molecule has 0 aliphatic rings. The molecule has 0 unspecified atom stereocenters. The normalized spacial score (nSPS) is 12.6. The smallest absolute Gasteiger partial charge is 0.262 e. The van der Waals surface area contributed by atoms with Crippen molar-refractivity contribution in [3.63, 3.8) is 0 Å². The van der Waals surface area contributed by atoms with Crippen molar-refractivity contribution in [3.8, 4) is 0 Å². The summed E-state index contributed by atoms with van der Waals surface area (Å²) in [5.74, 6) is 0. The fraction of sp³-hybridized carbons (Fsp3) is 0.625. The quantitative estimate of drug-likeness (QED) is 0.733. The Morgan fingerprint density at radius 3 is 2.65 bits per heavy atom. The van der Waals surface area contributed by atoms with Crippen molar-refractivity contribution in [1.29, 1.82) is 0 Å². The Kier molecular flexibility index (Phi) is 5.02. The Bertz CT molecular complexity index is 463. The van der Waals surface area contributed by atoms with Gasteiger partial charge in [0.25, 0.3) is 16.4 Å². The molecule has 17 heavy (non-hydrogen) atoms. The minimum atomic E-state index is -3.95. The largest absolute Gasteiger partial charge is 0.339 e. The molecule has 0 saturated carbocycles. The molecule has 9 heteroatoms. The van der Waals surface area contributed by atoms with Crippen molar-refractivity contribution < 1.29 is 17.2 Å². The number of hydrogen-bond donors (Lipinski definition) is 0. The van der Waals surface area contributed by atoms with Gasteiger partial charge in [0.05, 0.1) is 12.9 Å². The summed E-state index contributed by atoms with van der Waals surface area (Å²) < 4.78 is 50.7. The third kappa shape index (κ3) is 3.71. The molecular formula is C8H12BrF2N3O2S. The molecule has 0 fully saturated rings. The van der Waals surface area contributed by atoms with E-state index in [2.05, 4.69) is 20.9 Å². The van der Waals surface area contributed by atoms with Crippen molar-refractivity contribution >= 4 is 26.0 Å². The van der Waals surface area contributed by atoms with Crippen LogP contribution in [0.4, 0.5) is 8.78 Å². The van der Waals surface area contributed by atoms with Crippen LogP contribution < -0.4 is 0 Å². The maximum atomic E-state index is 12.3. The van der Waals surface area contributed by atoms with E-state index in [0.29, 0.717) is 0 Å². The zero-order chi connectivity index (χ0) is 13.1. The average molecular weight is 332 g/mol. The van der Waals surface area contributed by atoms with Gasteiger partial charge in [-0.25, -0.2) is 22.2 Å². The van der Waals surface area contributed by atoms with Gasteiger partial charge in [-0.15, -0.1) is 0 Å². The highest BCUT2D eigenvalue weighted by atomic mass is 79.9. The Hall–Kier alpha value is -0.540. The SMILES string of the molecule is Cn1cnc(S(=O)(=O)N(CCBr)CC(F)F)c1. The second-order valence-corrected chi connectivity index (χ2v) is 6.00. The Morgan fingerprint density at radius 2 is 2.24 bits per heavy atom. The summed E-state index contributed by atoms with van der Waals surface area (Å²) in [6.45, 7) is -0.853. The lowest BCUT2D eigenvalue weighted by Gasteiger charge is -2.19. The number of hydrogen-bond acceptors (Lipinski definition) is 3. The lowest BCUT2D eigenvalue weighted by molar-refractivity contribution is 0.121. The van der Waals surface area contributed by atoms with E-state index in [4.69, 9.17) is 0 Å². The Labute approximate surface area is 107 Å². The van der Waals surface area contributed by atoms with Gasteiger partial charge >= 0.3 is 0 Å². The summed E-state index contributed by atoms with van der Waals surface area (Å²) in [6, 6.07) is 0. The minimum absolute atomic E-state index is 0.0246. The molecule has 0 bridgehead atoms. The fourth-order valence-electron chi connectivity index (χ4n) is 1.21. The van der Waals surface area contributed by atoms with Gasteiger partial charge in [-0.05, 0) is 0 Å². The number of alkyl halides is 3. The van der Waals surface area contributed by atoms with E-state index in [1.54, 1.807) is 7.05 Å². The first kappa shape index (κ1) is 14.5. The van der Waals surface area contributed by atoms with Crippen LogP contribution >= 0.6 is 15.9 Å². The summed E-state index contributed by atoms with van der Waals surface area (Å²) in [6.07, 6.45) is -0.128. The highest BCUT2D eigenvalue weighted by Crippen LogP contribution is 2.14. The molecule has 0 aliphatic carbocycles. The number of halogens is 3. The van der Waals surface area contributed by atoms with E-state index in [-0.39, 0.29) is 16.9 Å². The minimum Gasteiger partial charge on any atom is -0.339 e. The van der Waals surface area contributed by atoms with Gasteiger partial charge in [-0.2, -0.15) is 4.31 Å². The highest BCUT2D eigenvalue weighted by Gasteiger charge is 2.28. The lowest BCUT2D eigenvalue weighted by Crippen LogP contribution is -2.36. The molecule has 0 aliphatic heterocycles. The van der Waals surface area contributed by atoms with Crippen molar-refractivity contribution in [2.45, 2.75) is 11.5 Å². The van der Waals surface area contributed by atoms with Crippen LogP contribution in [-0.4, -0.2) is 47.1 Å². The van der Waals surface area contributed by atoms with Crippen LogP contribution in [0, 0.1) is 0 Å². The molecule has 1 rings (SSSR count). The lowest BCUT2D eigenvalue weighted by atomic mass is 10.6.